The minimum Gasteiger partial charge on any atom is -0.295 e. The second-order valence-corrected chi connectivity index (χ2v) is 4.33. The third-order valence-corrected chi connectivity index (χ3v) is 3.39. The molecule has 16 heavy (non-hydrogen) atoms. The molecule has 3 heteroatoms. The van der Waals surface area contributed by atoms with Crippen molar-refractivity contribution < 1.29 is 13.6 Å². The molecule has 0 spiro atoms. The van der Waals surface area contributed by atoms with Gasteiger partial charge in [0.15, 0.2) is 5.78 Å². The van der Waals surface area contributed by atoms with Crippen molar-refractivity contribution in [2.24, 2.45) is 5.92 Å². The van der Waals surface area contributed by atoms with E-state index in [0.717, 1.165) is 12.0 Å². The zero-order chi connectivity index (χ0) is 11.7. The van der Waals surface area contributed by atoms with Crippen LogP contribution in [-0.2, 0) is 0 Å². The highest BCUT2D eigenvalue weighted by molar-refractivity contribution is 5.95. The van der Waals surface area contributed by atoms with E-state index in [4.69, 9.17) is 0 Å². The fourth-order valence-corrected chi connectivity index (χ4v) is 2.35. The van der Waals surface area contributed by atoms with Crippen LogP contribution in [0.1, 0.15) is 41.6 Å². The molecule has 2 rings (SSSR count). The van der Waals surface area contributed by atoms with E-state index in [1.54, 1.807) is 18.2 Å². The molecule has 1 fully saturated rings. The molecule has 0 aromatic heterocycles. The second-order valence-electron chi connectivity index (χ2n) is 4.33. The number of alkyl halides is 2. The summed E-state index contributed by atoms with van der Waals surface area (Å²) in [5.74, 6) is -0.754. The highest BCUT2D eigenvalue weighted by atomic mass is 19.3. The molecular weight excluding hydrogens is 210 g/mol. The molecule has 86 valence electrons. The fourth-order valence-electron chi connectivity index (χ4n) is 2.35. The van der Waals surface area contributed by atoms with Crippen LogP contribution in [-0.4, -0.2) is 12.2 Å². The maximum absolute atomic E-state index is 12.7. The van der Waals surface area contributed by atoms with Gasteiger partial charge in [-0.25, -0.2) is 8.78 Å². The summed E-state index contributed by atoms with van der Waals surface area (Å²) < 4.78 is 25.3. The molecule has 1 aromatic carbocycles. The van der Waals surface area contributed by atoms with E-state index < -0.39 is 12.3 Å². The van der Waals surface area contributed by atoms with Gasteiger partial charge in [0.2, 0.25) is 6.43 Å². The average molecular weight is 224 g/mol. The molecule has 0 radical (unpaired) electrons. The standard InChI is InChI=1S/C13H14F2O/c1-8(16)9-4-2-3-5-10(9)11-6-7-12(11)13(14)15/h2-5,11-13H,6-7H2,1H3. The Labute approximate surface area is 93.5 Å². The molecule has 0 amide bonds. The zero-order valence-electron chi connectivity index (χ0n) is 9.12. The van der Waals surface area contributed by atoms with Gasteiger partial charge >= 0.3 is 0 Å². The lowest BCUT2D eigenvalue weighted by molar-refractivity contribution is 0.0165. The highest BCUT2D eigenvalue weighted by Crippen LogP contribution is 2.46. The highest BCUT2D eigenvalue weighted by Gasteiger charge is 2.39. The zero-order valence-corrected chi connectivity index (χ0v) is 9.12. The van der Waals surface area contributed by atoms with E-state index in [1.165, 1.54) is 6.92 Å². The smallest absolute Gasteiger partial charge is 0.242 e. The van der Waals surface area contributed by atoms with E-state index in [1.807, 2.05) is 6.07 Å². The molecule has 0 saturated heterocycles. The van der Waals surface area contributed by atoms with Gasteiger partial charge in [-0.1, -0.05) is 24.3 Å². The molecule has 1 aliphatic carbocycles. The van der Waals surface area contributed by atoms with Crippen LogP contribution < -0.4 is 0 Å². The summed E-state index contributed by atoms with van der Waals surface area (Å²) in [4.78, 5) is 11.4. The fraction of sp³-hybridized carbons (Fsp3) is 0.462. The molecule has 0 N–H and O–H groups in total. The second kappa shape index (κ2) is 4.32. The molecule has 0 heterocycles. The van der Waals surface area contributed by atoms with Gasteiger partial charge in [0.25, 0.3) is 0 Å². The van der Waals surface area contributed by atoms with Gasteiger partial charge in [0.1, 0.15) is 0 Å². The molecule has 1 nitrogen and oxygen atoms in total. The van der Waals surface area contributed by atoms with Crippen molar-refractivity contribution >= 4 is 5.78 Å². The lowest BCUT2D eigenvalue weighted by atomic mass is 9.69. The van der Waals surface area contributed by atoms with Crippen LogP contribution in [0.3, 0.4) is 0 Å². The maximum atomic E-state index is 12.7. The van der Waals surface area contributed by atoms with Crippen molar-refractivity contribution in [2.75, 3.05) is 0 Å². The lowest BCUT2D eigenvalue weighted by Gasteiger charge is -2.37. The molecule has 1 aromatic rings. The Morgan fingerprint density at radius 3 is 2.50 bits per heavy atom. The lowest BCUT2D eigenvalue weighted by Crippen LogP contribution is -2.30. The Kier molecular flexibility index (Phi) is 3.03. The Morgan fingerprint density at radius 1 is 1.31 bits per heavy atom. The minimum absolute atomic E-state index is 0.0458. The van der Waals surface area contributed by atoms with Gasteiger partial charge in [-0.15, -0.1) is 0 Å². The van der Waals surface area contributed by atoms with Gasteiger partial charge in [0, 0.05) is 11.5 Å². The summed E-state index contributed by atoms with van der Waals surface area (Å²) >= 11 is 0. The Hall–Kier alpha value is -1.25. The number of benzene rings is 1. The first-order valence-corrected chi connectivity index (χ1v) is 5.49. The minimum atomic E-state index is -2.28. The number of hydrogen-bond donors (Lipinski definition) is 0. The number of carbonyl (C=O) groups excluding carboxylic acids is 1. The molecule has 1 saturated carbocycles. The first-order valence-electron chi connectivity index (χ1n) is 5.49. The number of Topliss-reactive ketones (excluding diaryl/α,β-unsaturated/α-hetero) is 1. The van der Waals surface area contributed by atoms with Gasteiger partial charge in [-0.3, -0.25) is 4.79 Å². The molecule has 2 atom stereocenters. The van der Waals surface area contributed by atoms with E-state index in [2.05, 4.69) is 0 Å². The van der Waals surface area contributed by atoms with Gasteiger partial charge in [-0.05, 0) is 31.2 Å². The van der Waals surface area contributed by atoms with Gasteiger partial charge < -0.3 is 0 Å². The van der Waals surface area contributed by atoms with Crippen molar-refractivity contribution in [3.8, 4) is 0 Å². The first-order chi connectivity index (χ1) is 7.61. The van der Waals surface area contributed by atoms with Crippen LogP contribution in [0, 0.1) is 5.92 Å². The number of halogens is 2. The van der Waals surface area contributed by atoms with Crippen LogP contribution in [0.2, 0.25) is 0 Å². The maximum Gasteiger partial charge on any atom is 0.242 e. The van der Waals surface area contributed by atoms with Crippen molar-refractivity contribution in [3.63, 3.8) is 0 Å². The quantitative estimate of drug-likeness (QED) is 0.716. The predicted octanol–water partition coefficient (Wildman–Crippen LogP) is 3.65. The number of carbonyl (C=O) groups is 1. The van der Waals surface area contributed by atoms with Crippen LogP contribution >= 0.6 is 0 Å². The molecule has 0 bridgehead atoms. The van der Waals surface area contributed by atoms with Crippen molar-refractivity contribution in [1.82, 2.24) is 0 Å². The summed E-state index contributed by atoms with van der Waals surface area (Å²) in [5, 5.41) is 0. The summed E-state index contributed by atoms with van der Waals surface area (Å²) in [6.45, 7) is 1.48. The van der Waals surface area contributed by atoms with Crippen LogP contribution in [0.5, 0.6) is 0 Å². The molecule has 1 aliphatic rings. The van der Waals surface area contributed by atoms with Gasteiger partial charge in [-0.2, -0.15) is 0 Å². The summed E-state index contributed by atoms with van der Waals surface area (Å²) in [6.07, 6.45) is -0.952. The predicted molar refractivity (Wildman–Crippen MR) is 57.9 cm³/mol. The topological polar surface area (TPSA) is 17.1 Å². The van der Waals surface area contributed by atoms with Crippen LogP contribution in [0.4, 0.5) is 8.78 Å². The summed E-state index contributed by atoms with van der Waals surface area (Å²) in [5.41, 5.74) is 1.39. The van der Waals surface area contributed by atoms with Crippen molar-refractivity contribution in [1.29, 1.82) is 0 Å². The molecule has 2 unspecified atom stereocenters. The van der Waals surface area contributed by atoms with E-state index >= 15 is 0 Å². The normalized spacial score (nSPS) is 24.2. The third-order valence-electron chi connectivity index (χ3n) is 3.39. The Balaban J connectivity index is 2.30. The number of rotatable bonds is 3. The molecular formula is C13H14F2O. The van der Waals surface area contributed by atoms with E-state index in [9.17, 15) is 13.6 Å². The Bertz CT molecular complexity index is 401. The van der Waals surface area contributed by atoms with E-state index in [0.29, 0.717) is 12.0 Å². The van der Waals surface area contributed by atoms with Crippen LogP contribution in [0.25, 0.3) is 0 Å². The first kappa shape index (κ1) is 11.2. The van der Waals surface area contributed by atoms with Gasteiger partial charge in [0.05, 0.1) is 0 Å². The summed E-state index contributed by atoms with van der Waals surface area (Å²) in [7, 11) is 0. The Morgan fingerprint density at radius 2 is 2.00 bits per heavy atom. The van der Waals surface area contributed by atoms with Crippen molar-refractivity contribution in [3.05, 3.63) is 35.4 Å². The number of hydrogen-bond acceptors (Lipinski definition) is 1. The monoisotopic (exact) mass is 224 g/mol. The third kappa shape index (κ3) is 1.86. The summed E-state index contributed by atoms with van der Waals surface area (Å²) in [6, 6.07) is 7.10. The average Bonchev–Trinajstić information content (AvgIpc) is 2.15. The largest absolute Gasteiger partial charge is 0.295 e. The van der Waals surface area contributed by atoms with Crippen LogP contribution in [0.15, 0.2) is 24.3 Å². The van der Waals surface area contributed by atoms with Crippen molar-refractivity contribution in [2.45, 2.75) is 32.1 Å². The number of ketones is 1. The SMILES string of the molecule is CC(=O)c1ccccc1C1CCC1C(F)F. The molecule has 0 aliphatic heterocycles. The van der Waals surface area contributed by atoms with E-state index in [-0.39, 0.29) is 11.7 Å².